The van der Waals surface area contributed by atoms with Gasteiger partial charge in [-0.05, 0) is 52.0 Å². The summed E-state index contributed by atoms with van der Waals surface area (Å²) in [5, 5.41) is 16.5. The first-order chi connectivity index (χ1) is 16.1. The third kappa shape index (κ3) is 7.45. The summed E-state index contributed by atoms with van der Waals surface area (Å²) in [4.78, 5) is 40.4. The first-order valence-corrected chi connectivity index (χ1v) is 12.5. The standard InChI is InChI=1S/C26H39N3O5/c1-26(2,3)34-25(33)28-20(17-18-11-6-4-7-12-18)24(32)29-16-10-15-21(29)22(30)23(31)27-19-13-8-5-9-14-19/h4,6-7,11-12,19-22,30H,5,8-10,13-17H2,1-3H3,(H,27,31)(H,28,33)/t20-,21?,22?/m0/s1. The number of hydrogen-bond acceptors (Lipinski definition) is 5. The molecule has 3 amide bonds. The van der Waals surface area contributed by atoms with Crippen molar-refractivity contribution in [1.82, 2.24) is 15.5 Å². The zero-order valence-corrected chi connectivity index (χ0v) is 20.6. The maximum Gasteiger partial charge on any atom is 0.408 e. The van der Waals surface area contributed by atoms with E-state index in [1.165, 1.54) is 6.42 Å². The van der Waals surface area contributed by atoms with Crippen LogP contribution < -0.4 is 10.6 Å². The zero-order chi connectivity index (χ0) is 24.7. The number of aliphatic hydroxyl groups excluding tert-OH is 1. The summed E-state index contributed by atoms with van der Waals surface area (Å²) < 4.78 is 5.38. The fourth-order valence-corrected chi connectivity index (χ4v) is 4.80. The van der Waals surface area contributed by atoms with Crippen LogP contribution in [0.1, 0.15) is 71.3 Å². The molecule has 3 rings (SSSR count). The number of nitrogens with zero attached hydrogens (tertiary/aromatic N) is 1. The van der Waals surface area contributed by atoms with Gasteiger partial charge in [0.15, 0.2) is 6.10 Å². The van der Waals surface area contributed by atoms with E-state index in [2.05, 4.69) is 10.6 Å². The molecule has 2 fully saturated rings. The van der Waals surface area contributed by atoms with Gasteiger partial charge in [-0.15, -0.1) is 0 Å². The number of carbonyl (C=O) groups is 3. The molecule has 3 N–H and O–H groups in total. The van der Waals surface area contributed by atoms with Gasteiger partial charge in [0.25, 0.3) is 5.91 Å². The quantitative estimate of drug-likeness (QED) is 0.564. The van der Waals surface area contributed by atoms with Crippen molar-refractivity contribution >= 4 is 17.9 Å². The molecule has 0 spiro atoms. The molecule has 1 aromatic rings. The molecule has 1 aromatic carbocycles. The lowest BCUT2D eigenvalue weighted by molar-refractivity contribution is -0.141. The maximum absolute atomic E-state index is 13.6. The van der Waals surface area contributed by atoms with Gasteiger partial charge in [-0.1, -0.05) is 49.6 Å². The Bertz CT molecular complexity index is 833. The number of alkyl carbamates (subject to hydrolysis) is 1. The molecule has 1 saturated carbocycles. The predicted molar refractivity (Wildman–Crippen MR) is 129 cm³/mol. The van der Waals surface area contributed by atoms with E-state index < -0.39 is 35.8 Å². The van der Waals surface area contributed by atoms with Crippen LogP contribution in [0.15, 0.2) is 30.3 Å². The summed E-state index contributed by atoms with van der Waals surface area (Å²) in [6, 6.07) is 8.03. The Morgan fingerprint density at radius 2 is 1.74 bits per heavy atom. The van der Waals surface area contributed by atoms with Gasteiger partial charge in [0.2, 0.25) is 5.91 Å². The SMILES string of the molecule is CC(C)(C)OC(=O)N[C@@H](Cc1ccccc1)C(=O)N1CCCC1C(O)C(=O)NC1CCCCC1. The van der Waals surface area contributed by atoms with E-state index in [4.69, 9.17) is 4.74 Å². The van der Waals surface area contributed by atoms with Gasteiger partial charge in [0, 0.05) is 19.0 Å². The normalized spacial score (nSPS) is 20.9. The van der Waals surface area contributed by atoms with Gasteiger partial charge in [0.05, 0.1) is 6.04 Å². The average molecular weight is 474 g/mol. The van der Waals surface area contributed by atoms with Crippen molar-refractivity contribution in [2.45, 2.75) is 102 Å². The van der Waals surface area contributed by atoms with Gasteiger partial charge in [-0.2, -0.15) is 0 Å². The number of likely N-dealkylation sites (tertiary alicyclic amines) is 1. The minimum absolute atomic E-state index is 0.0844. The highest BCUT2D eigenvalue weighted by atomic mass is 16.6. The fraction of sp³-hybridized carbons (Fsp3) is 0.654. The van der Waals surface area contributed by atoms with Gasteiger partial charge in [-0.3, -0.25) is 9.59 Å². The second kappa shape index (κ2) is 11.7. The summed E-state index contributed by atoms with van der Waals surface area (Å²) in [5.74, 6) is -0.738. The Hall–Kier alpha value is -2.61. The van der Waals surface area contributed by atoms with Crippen LogP contribution in [0.3, 0.4) is 0 Å². The van der Waals surface area contributed by atoms with E-state index in [-0.39, 0.29) is 18.4 Å². The molecule has 34 heavy (non-hydrogen) atoms. The second-order valence-corrected chi connectivity index (χ2v) is 10.4. The van der Waals surface area contributed by atoms with Crippen molar-refractivity contribution in [3.8, 4) is 0 Å². The molecule has 0 radical (unpaired) electrons. The molecular formula is C26H39N3O5. The van der Waals surface area contributed by atoms with Gasteiger partial charge < -0.3 is 25.4 Å². The minimum atomic E-state index is -1.30. The zero-order valence-electron chi connectivity index (χ0n) is 20.6. The first kappa shape index (κ1) is 26.0. The molecular weight excluding hydrogens is 434 g/mol. The number of carbonyl (C=O) groups excluding carboxylic acids is 3. The number of benzene rings is 1. The second-order valence-electron chi connectivity index (χ2n) is 10.4. The molecule has 188 valence electrons. The van der Waals surface area contributed by atoms with Crippen molar-refractivity contribution in [2.75, 3.05) is 6.54 Å². The topological polar surface area (TPSA) is 108 Å². The number of aliphatic hydroxyl groups is 1. The Morgan fingerprint density at radius 1 is 1.06 bits per heavy atom. The predicted octanol–water partition coefficient (Wildman–Crippen LogP) is 2.92. The first-order valence-electron chi connectivity index (χ1n) is 12.5. The molecule has 3 atom stereocenters. The third-order valence-electron chi connectivity index (χ3n) is 6.44. The highest BCUT2D eigenvalue weighted by molar-refractivity contribution is 5.88. The van der Waals surface area contributed by atoms with Crippen LogP contribution >= 0.6 is 0 Å². The molecule has 0 bridgehead atoms. The fourth-order valence-electron chi connectivity index (χ4n) is 4.80. The molecule has 1 aliphatic carbocycles. The van der Waals surface area contributed by atoms with Crippen molar-refractivity contribution < 1.29 is 24.2 Å². The summed E-state index contributed by atoms with van der Waals surface area (Å²) in [6.45, 7) is 5.72. The van der Waals surface area contributed by atoms with Crippen molar-refractivity contribution in [2.24, 2.45) is 0 Å². The number of ether oxygens (including phenoxy) is 1. The Labute approximate surface area is 202 Å². The number of amides is 3. The molecule has 2 unspecified atom stereocenters. The monoisotopic (exact) mass is 473 g/mol. The van der Waals surface area contributed by atoms with E-state index >= 15 is 0 Å². The van der Waals surface area contributed by atoms with Crippen molar-refractivity contribution in [3.05, 3.63) is 35.9 Å². The smallest absolute Gasteiger partial charge is 0.408 e. The molecule has 8 heteroatoms. The van der Waals surface area contributed by atoms with Crippen molar-refractivity contribution in [1.29, 1.82) is 0 Å². The Morgan fingerprint density at radius 3 is 2.38 bits per heavy atom. The molecule has 2 aliphatic rings. The lowest BCUT2D eigenvalue weighted by atomic mass is 9.95. The summed E-state index contributed by atoms with van der Waals surface area (Å²) in [7, 11) is 0. The number of hydrogen-bond donors (Lipinski definition) is 3. The summed E-state index contributed by atoms with van der Waals surface area (Å²) >= 11 is 0. The lowest BCUT2D eigenvalue weighted by Gasteiger charge is -2.33. The van der Waals surface area contributed by atoms with Crippen LogP contribution in [0.25, 0.3) is 0 Å². The largest absolute Gasteiger partial charge is 0.444 e. The van der Waals surface area contributed by atoms with Crippen LogP contribution in [0, 0.1) is 0 Å². The van der Waals surface area contributed by atoms with Crippen molar-refractivity contribution in [3.63, 3.8) is 0 Å². The van der Waals surface area contributed by atoms with E-state index in [0.29, 0.717) is 19.4 Å². The average Bonchev–Trinajstić information content (AvgIpc) is 3.27. The van der Waals surface area contributed by atoms with E-state index in [9.17, 15) is 19.5 Å². The molecule has 1 saturated heterocycles. The van der Waals surface area contributed by atoms with Crippen LogP contribution in [-0.2, 0) is 20.7 Å². The maximum atomic E-state index is 13.6. The van der Waals surface area contributed by atoms with Crippen LogP contribution in [0.4, 0.5) is 4.79 Å². The highest BCUT2D eigenvalue weighted by Crippen LogP contribution is 2.24. The van der Waals surface area contributed by atoms with Gasteiger partial charge in [0.1, 0.15) is 11.6 Å². The number of nitrogens with one attached hydrogen (secondary N) is 2. The summed E-state index contributed by atoms with van der Waals surface area (Å²) in [5.41, 5.74) is 0.192. The molecule has 0 aromatic heterocycles. The van der Waals surface area contributed by atoms with Crippen LogP contribution in [0.2, 0.25) is 0 Å². The Balaban J connectivity index is 1.71. The van der Waals surface area contributed by atoms with E-state index in [1.54, 1.807) is 25.7 Å². The van der Waals surface area contributed by atoms with E-state index in [0.717, 1.165) is 31.2 Å². The van der Waals surface area contributed by atoms with Gasteiger partial charge >= 0.3 is 6.09 Å². The highest BCUT2D eigenvalue weighted by Gasteiger charge is 2.40. The third-order valence-corrected chi connectivity index (χ3v) is 6.44. The molecule has 1 heterocycles. The minimum Gasteiger partial charge on any atom is -0.444 e. The Kier molecular flexibility index (Phi) is 8.94. The lowest BCUT2D eigenvalue weighted by Crippen LogP contribution is -2.56. The molecule has 1 aliphatic heterocycles. The van der Waals surface area contributed by atoms with Gasteiger partial charge in [-0.25, -0.2) is 4.79 Å². The van der Waals surface area contributed by atoms with Crippen LogP contribution in [-0.4, -0.2) is 64.3 Å². The van der Waals surface area contributed by atoms with E-state index in [1.807, 2.05) is 30.3 Å². The van der Waals surface area contributed by atoms with Crippen LogP contribution in [0.5, 0.6) is 0 Å². The summed E-state index contributed by atoms with van der Waals surface area (Å²) in [6.07, 6.45) is 4.71. The number of rotatable bonds is 7. The molecule has 8 nitrogen and oxygen atoms in total.